The summed E-state index contributed by atoms with van der Waals surface area (Å²) in [6.07, 6.45) is 7.89. The Morgan fingerprint density at radius 2 is 1.95 bits per heavy atom. The average molecular weight is 275 g/mol. The van der Waals surface area contributed by atoms with Crippen LogP contribution in [-0.4, -0.2) is 20.2 Å². The maximum atomic E-state index is 5.53. The smallest absolute Gasteiger partial charge is 0.122 e. The molecule has 20 heavy (non-hydrogen) atoms. The zero-order valence-electron chi connectivity index (χ0n) is 13.3. The van der Waals surface area contributed by atoms with Gasteiger partial charge in [0.1, 0.15) is 5.75 Å². The molecule has 0 atom stereocenters. The average Bonchev–Trinajstić information content (AvgIpc) is 2.49. The number of benzene rings is 1. The molecular formula is C18H29NO. The van der Waals surface area contributed by atoms with Crippen molar-refractivity contribution in [2.45, 2.75) is 57.8 Å². The highest BCUT2D eigenvalue weighted by Gasteiger charge is 2.33. The summed E-state index contributed by atoms with van der Waals surface area (Å²) in [7, 11) is 1.77. The SMILES string of the molecule is CCCNCC1(c2ccc(C)c(OC)c2)CCCCC1. The predicted molar refractivity (Wildman–Crippen MR) is 85.7 cm³/mol. The zero-order chi connectivity index (χ0) is 14.4. The second-order valence-corrected chi connectivity index (χ2v) is 6.20. The number of nitrogens with one attached hydrogen (secondary N) is 1. The Labute approximate surface area is 123 Å². The molecule has 1 aromatic carbocycles. The normalized spacial score (nSPS) is 17.9. The first-order valence-corrected chi connectivity index (χ1v) is 8.08. The van der Waals surface area contributed by atoms with Crippen molar-refractivity contribution in [3.63, 3.8) is 0 Å². The number of aryl methyl sites for hydroxylation is 1. The van der Waals surface area contributed by atoms with Crippen LogP contribution in [0.1, 0.15) is 56.6 Å². The molecule has 1 saturated carbocycles. The minimum Gasteiger partial charge on any atom is -0.496 e. The van der Waals surface area contributed by atoms with Gasteiger partial charge in [0, 0.05) is 12.0 Å². The highest BCUT2D eigenvalue weighted by Crippen LogP contribution is 2.40. The molecule has 0 amide bonds. The van der Waals surface area contributed by atoms with Crippen LogP contribution >= 0.6 is 0 Å². The number of rotatable bonds is 6. The van der Waals surface area contributed by atoms with Crippen molar-refractivity contribution in [2.24, 2.45) is 0 Å². The van der Waals surface area contributed by atoms with E-state index in [-0.39, 0.29) is 0 Å². The summed E-state index contributed by atoms with van der Waals surface area (Å²) in [5.74, 6) is 1.03. The highest BCUT2D eigenvalue weighted by atomic mass is 16.5. The molecule has 0 aliphatic heterocycles. The summed E-state index contributed by atoms with van der Waals surface area (Å²) in [6, 6.07) is 6.80. The van der Waals surface area contributed by atoms with E-state index in [4.69, 9.17) is 4.74 Å². The molecule has 2 nitrogen and oxygen atoms in total. The van der Waals surface area contributed by atoms with E-state index in [2.05, 4.69) is 37.4 Å². The fraction of sp³-hybridized carbons (Fsp3) is 0.667. The van der Waals surface area contributed by atoms with Crippen molar-refractivity contribution in [1.29, 1.82) is 0 Å². The summed E-state index contributed by atoms with van der Waals surface area (Å²) < 4.78 is 5.53. The lowest BCUT2D eigenvalue weighted by molar-refractivity contribution is 0.279. The highest BCUT2D eigenvalue weighted by molar-refractivity contribution is 5.40. The summed E-state index contributed by atoms with van der Waals surface area (Å²) in [4.78, 5) is 0. The van der Waals surface area contributed by atoms with Gasteiger partial charge in [-0.25, -0.2) is 0 Å². The van der Waals surface area contributed by atoms with E-state index in [1.165, 1.54) is 49.7 Å². The number of methoxy groups -OCH3 is 1. The summed E-state index contributed by atoms with van der Waals surface area (Å²) in [5.41, 5.74) is 3.00. The quantitative estimate of drug-likeness (QED) is 0.785. The van der Waals surface area contributed by atoms with Gasteiger partial charge in [-0.15, -0.1) is 0 Å². The maximum absolute atomic E-state index is 5.53. The van der Waals surface area contributed by atoms with Crippen LogP contribution in [0.15, 0.2) is 18.2 Å². The number of hydrogen-bond acceptors (Lipinski definition) is 2. The second-order valence-electron chi connectivity index (χ2n) is 6.20. The fourth-order valence-electron chi connectivity index (χ4n) is 3.45. The Bertz CT molecular complexity index is 421. The van der Waals surface area contributed by atoms with Crippen LogP contribution in [0.4, 0.5) is 0 Å². The van der Waals surface area contributed by atoms with Gasteiger partial charge in [-0.1, -0.05) is 38.3 Å². The molecule has 2 heteroatoms. The molecule has 0 aromatic heterocycles. The molecule has 112 valence electrons. The first-order chi connectivity index (χ1) is 9.72. The van der Waals surface area contributed by atoms with E-state index in [0.29, 0.717) is 5.41 Å². The molecule has 0 saturated heterocycles. The number of hydrogen-bond donors (Lipinski definition) is 1. The van der Waals surface area contributed by atoms with Crippen LogP contribution in [0.5, 0.6) is 5.75 Å². The molecule has 0 unspecified atom stereocenters. The van der Waals surface area contributed by atoms with Gasteiger partial charge in [0.2, 0.25) is 0 Å². The van der Waals surface area contributed by atoms with E-state index in [0.717, 1.165) is 18.8 Å². The second kappa shape index (κ2) is 7.12. The predicted octanol–water partition coefficient (Wildman–Crippen LogP) is 4.21. The van der Waals surface area contributed by atoms with Crippen molar-refractivity contribution >= 4 is 0 Å². The molecular weight excluding hydrogens is 246 g/mol. The van der Waals surface area contributed by atoms with Crippen LogP contribution in [0.25, 0.3) is 0 Å². The fourth-order valence-corrected chi connectivity index (χ4v) is 3.45. The molecule has 1 N–H and O–H groups in total. The van der Waals surface area contributed by atoms with E-state index < -0.39 is 0 Å². The van der Waals surface area contributed by atoms with Gasteiger partial charge in [0.05, 0.1) is 7.11 Å². The summed E-state index contributed by atoms with van der Waals surface area (Å²) in [6.45, 7) is 6.57. The third-order valence-electron chi connectivity index (χ3n) is 4.72. The Hall–Kier alpha value is -1.02. The van der Waals surface area contributed by atoms with Gasteiger partial charge in [-0.2, -0.15) is 0 Å². The topological polar surface area (TPSA) is 21.3 Å². The molecule has 0 heterocycles. The molecule has 0 bridgehead atoms. The third kappa shape index (κ3) is 3.35. The van der Waals surface area contributed by atoms with Gasteiger partial charge in [-0.3, -0.25) is 0 Å². The lowest BCUT2D eigenvalue weighted by atomic mass is 9.69. The van der Waals surface area contributed by atoms with Gasteiger partial charge in [0.15, 0.2) is 0 Å². The third-order valence-corrected chi connectivity index (χ3v) is 4.72. The lowest BCUT2D eigenvalue weighted by Crippen LogP contribution is -2.40. The van der Waals surface area contributed by atoms with E-state index in [9.17, 15) is 0 Å². The standard InChI is InChI=1S/C18H29NO/c1-4-12-19-14-18(10-6-5-7-11-18)16-9-8-15(2)17(13-16)20-3/h8-9,13,19H,4-7,10-12,14H2,1-3H3. The zero-order valence-corrected chi connectivity index (χ0v) is 13.3. The van der Waals surface area contributed by atoms with Crippen LogP contribution in [-0.2, 0) is 5.41 Å². The molecule has 1 fully saturated rings. The Morgan fingerprint density at radius 3 is 2.60 bits per heavy atom. The van der Waals surface area contributed by atoms with Crippen molar-refractivity contribution in [3.8, 4) is 5.75 Å². The van der Waals surface area contributed by atoms with Gasteiger partial charge >= 0.3 is 0 Å². The van der Waals surface area contributed by atoms with Crippen molar-refractivity contribution in [2.75, 3.05) is 20.2 Å². The Balaban J connectivity index is 2.25. The molecule has 1 aliphatic carbocycles. The number of ether oxygens (including phenoxy) is 1. The molecule has 1 aliphatic rings. The molecule has 0 spiro atoms. The van der Waals surface area contributed by atoms with Crippen LogP contribution < -0.4 is 10.1 Å². The van der Waals surface area contributed by atoms with Gasteiger partial charge in [0.25, 0.3) is 0 Å². The van der Waals surface area contributed by atoms with Crippen LogP contribution in [0, 0.1) is 6.92 Å². The van der Waals surface area contributed by atoms with Crippen molar-refractivity contribution < 1.29 is 4.74 Å². The van der Waals surface area contributed by atoms with Gasteiger partial charge < -0.3 is 10.1 Å². The molecule has 1 aromatic rings. The van der Waals surface area contributed by atoms with Crippen molar-refractivity contribution in [3.05, 3.63) is 29.3 Å². The van der Waals surface area contributed by atoms with Crippen LogP contribution in [0.2, 0.25) is 0 Å². The minimum atomic E-state index is 0.314. The Morgan fingerprint density at radius 1 is 1.20 bits per heavy atom. The van der Waals surface area contributed by atoms with E-state index in [1.807, 2.05) is 0 Å². The Kier molecular flexibility index (Phi) is 5.47. The van der Waals surface area contributed by atoms with Gasteiger partial charge in [-0.05, 0) is 49.9 Å². The largest absolute Gasteiger partial charge is 0.496 e. The first-order valence-electron chi connectivity index (χ1n) is 8.08. The lowest BCUT2D eigenvalue weighted by Gasteiger charge is -2.38. The maximum Gasteiger partial charge on any atom is 0.122 e. The molecule has 2 rings (SSSR count). The minimum absolute atomic E-state index is 0.314. The van der Waals surface area contributed by atoms with Crippen molar-refractivity contribution in [1.82, 2.24) is 5.32 Å². The summed E-state index contributed by atoms with van der Waals surface area (Å²) >= 11 is 0. The van der Waals surface area contributed by atoms with E-state index in [1.54, 1.807) is 7.11 Å². The summed E-state index contributed by atoms with van der Waals surface area (Å²) in [5, 5.41) is 3.66. The molecule has 0 radical (unpaired) electrons. The van der Waals surface area contributed by atoms with E-state index >= 15 is 0 Å². The first kappa shape index (κ1) is 15.4. The monoisotopic (exact) mass is 275 g/mol. The van der Waals surface area contributed by atoms with Crippen LogP contribution in [0.3, 0.4) is 0 Å².